The summed E-state index contributed by atoms with van der Waals surface area (Å²) in [6.45, 7) is 19.8. The maximum Gasteiger partial charge on any atom is 0.407 e. The lowest BCUT2D eigenvalue weighted by Gasteiger charge is -2.49. The summed E-state index contributed by atoms with van der Waals surface area (Å²) in [4.78, 5) is 56.9. The molecule has 0 radical (unpaired) electrons. The van der Waals surface area contributed by atoms with Gasteiger partial charge in [0, 0.05) is 88.2 Å². The number of methoxy groups -OCH3 is 2. The van der Waals surface area contributed by atoms with Gasteiger partial charge in [-0.25, -0.2) is 9.59 Å². The lowest BCUT2D eigenvalue weighted by molar-refractivity contribution is -0.317. The number of carbonyl (C=O) groups is 3. The summed E-state index contributed by atoms with van der Waals surface area (Å²) in [5.74, 6) is -3.96. The minimum Gasteiger partial charge on any atom is -0.477 e. The van der Waals surface area contributed by atoms with E-state index in [0.29, 0.717) is 55.7 Å². The van der Waals surface area contributed by atoms with Crippen LogP contribution in [0.3, 0.4) is 0 Å². The second-order valence-electron chi connectivity index (χ2n) is 24.1. The highest BCUT2D eigenvalue weighted by atomic mass is 16.7. The van der Waals surface area contributed by atoms with Gasteiger partial charge >= 0.3 is 18.0 Å². The maximum atomic E-state index is 14.7. The SMILES string of the molecule is CC[C@H]1OC(=O)[C@H](C)[C@@H](O[C@H]2C[C@@](C)(OC)[C@@H](OC(=O)NCCCOCCNc3ccc4c(c3)c(=O)c(C(=O)O)cn4C3CC3)[C@H](C)O2)[C@H](C)[C@@H](O[C@@H]2O[C@H](C)C[C@H](N(C)C)[C@H]2O)[C@](C)(O)C[C@@H](C)CN(C)[C@H](C)[C@@H](OC)[C@]1(C)O. The van der Waals surface area contributed by atoms with Crippen LogP contribution in [0.1, 0.15) is 131 Å². The molecule has 3 saturated heterocycles. The van der Waals surface area contributed by atoms with Crippen molar-refractivity contribution < 1.29 is 77.4 Å². The summed E-state index contributed by atoms with van der Waals surface area (Å²) in [5, 5.41) is 52.9. The number of rotatable bonds is 19. The molecule has 3 aliphatic heterocycles. The Kier molecular flexibility index (Phi) is 22.4. The van der Waals surface area contributed by atoms with Crippen LogP contribution < -0.4 is 16.1 Å². The van der Waals surface area contributed by atoms with Crippen LogP contribution in [-0.4, -0.2) is 211 Å². The van der Waals surface area contributed by atoms with Crippen LogP contribution in [0.25, 0.3) is 10.9 Å². The summed E-state index contributed by atoms with van der Waals surface area (Å²) >= 11 is 0. The van der Waals surface area contributed by atoms with Gasteiger partial charge in [-0.1, -0.05) is 20.8 Å². The van der Waals surface area contributed by atoms with Crippen LogP contribution in [0.5, 0.6) is 0 Å². The number of hydrogen-bond donors (Lipinski definition) is 6. The number of cyclic esters (lactones) is 1. The number of anilines is 1. The zero-order chi connectivity index (χ0) is 59.2. The fourth-order valence-electron chi connectivity index (χ4n) is 12.5. The first-order valence-electron chi connectivity index (χ1n) is 28.7. The summed E-state index contributed by atoms with van der Waals surface area (Å²) < 4.78 is 58.7. The zero-order valence-electron chi connectivity index (χ0n) is 50.0. The Bertz CT molecular complexity index is 2440. The fraction of sp³-hybridized carbons (Fsp3) is 0.793. The lowest BCUT2D eigenvalue weighted by atomic mass is 9.77. The standard InChI is InChI=1S/C58H95N5O17/c1-16-44-58(10,71)50(72-14)36(6)62(13)30-32(2)28-56(8,70)49(79-54-47(65)43(61(11)12)26-33(3)75-54)34(4)48(35(5)53(68)77-44)78-45-29-57(9,73-15)51(37(7)76-45)80-55(69)60-22-17-24-74-25-23-59-38-18-21-42-40(27-38)46(64)41(52(66)67)31-63(42)39-19-20-39/h18,21,27,31-37,39,43-45,47-51,54,59,65,70-71H,16-17,19-20,22-26,28-30H2,1-15H3,(H,60,69)(H,66,67)/t32-,33-,34+,35-,36-,37+,43+,44-,45+,47-,48+,49-,50-,51+,54+,56-,57-,58-/m1/s1. The van der Waals surface area contributed by atoms with Crippen LogP contribution in [0.4, 0.5) is 10.5 Å². The quantitative estimate of drug-likeness (QED) is 0.0784. The number of carbonyl (C=O) groups excluding carboxylic acids is 2. The van der Waals surface area contributed by atoms with E-state index in [1.165, 1.54) is 20.4 Å². The second kappa shape index (κ2) is 27.6. The smallest absolute Gasteiger partial charge is 0.407 e. The van der Waals surface area contributed by atoms with E-state index in [1.807, 2.05) is 77.4 Å². The first-order chi connectivity index (χ1) is 37.6. The molecule has 4 aliphatic rings. The number of carboxylic acids is 1. The Labute approximate surface area is 472 Å². The number of amides is 1. The van der Waals surface area contributed by atoms with Crippen molar-refractivity contribution in [3.63, 3.8) is 0 Å². The first kappa shape index (κ1) is 65.1. The molecule has 4 heterocycles. The number of aliphatic hydroxyl groups excluding tert-OH is 1. The van der Waals surface area contributed by atoms with Crippen LogP contribution >= 0.6 is 0 Å². The third-order valence-electron chi connectivity index (χ3n) is 17.1. The van der Waals surface area contributed by atoms with Crippen molar-refractivity contribution in [2.75, 3.05) is 73.5 Å². The summed E-state index contributed by atoms with van der Waals surface area (Å²) in [6.07, 6.45) is -5.16. The molecule has 4 fully saturated rings. The largest absolute Gasteiger partial charge is 0.477 e. The molecule has 6 N–H and O–H groups in total. The number of aliphatic hydroxyl groups is 3. The molecule has 1 saturated carbocycles. The molecule has 0 unspecified atom stereocenters. The van der Waals surface area contributed by atoms with Gasteiger partial charge in [0.15, 0.2) is 18.7 Å². The molecule has 454 valence electrons. The van der Waals surface area contributed by atoms with Gasteiger partial charge in [-0.15, -0.1) is 0 Å². The molecule has 22 heteroatoms. The van der Waals surface area contributed by atoms with E-state index in [-0.39, 0.29) is 61.5 Å². The van der Waals surface area contributed by atoms with Gasteiger partial charge in [0.05, 0.1) is 48.1 Å². The number of aromatic carboxylic acids is 1. The molecule has 22 nitrogen and oxygen atoms in total. The van der Waals surface area contributed by atoms with E-state index >= 15 is 0 Å². The van der Waals surface area contributed by atoms with Crippen molar-refractivity contribution in [2.45, 2.75) is 211 Å². The summed E-state index contributed by atoms with van der Waals surface area (Å²) in [7, 11) is 8.71. The Morgan fingerprint density at radius 2 is 1.62 bits per heavy atom. The third kappa shape index (κ3) is 15.4. The summed E-state index contributed by atoms with van der Waals surface area (Å²) in [5.41, 5.74) is -3.83. The van der Waals surface area contributed by atoms with Gasteiger partial charge in [0.2, 0.25) is 5.43 Å². The van der Waals surface area contributed by atoms with Gasteiger partial charge in [0.25, 0.3) is 0 Å². The third-order valence-corrected chi connectivity index (χ3v) is 17.1. The van der Waals surface area contributed by atoms with Crippen molar-refractivity contribution >= 4 is 34.6 Å². The number of carboxylic acid groups (broad SMARTS) is 1. The van der Waals surface area contributed by atoms with Crippen LogP contribution in [0, 0.1) is 17.8 Å². The lowest BCUT2D eigenvalue weighted by Crippen LogP contribution is -2.61. The van der Waals surface area contributed by atoms with Gasteiger partial charge in [-0.2, -0.15) is 0 Å². The Morgan fingerprint density at radius 1 is 0.925 bits per heavy atom. The van der Waals surface area contributed by atoms with E-state index in [4.69, 9.17) is 42.6 Å². The fourth-order valence-corrected chi connectivity index (χ4v) is 12.5. The van der Waals surface area contributed by atoms with Crippen LogP contribution in [0.15, 0.2) is 29.2 Å². The summed E-state index contributed by atoms with van der Waals surface area (Å²) in [6, 6.07) is 4.87. The number of nitrogens with zero attached hydrogens (tertiary/aromatic N) is 3. The number of likely N-dealkylation sites (N-methyl/N-ethyl adjacent to an activating group) is 2. The van der Waals surface area contributed by atoms with Gasteiger partial charge < -0.3 is 88.1 Å². The Balaban J connectivity index is 1.13. The molecule has 80 heavy (non-hydrogen) atoms. The number of nitrogens with one attached hydrogen (secondary N) is 2. The topological polar surface area (TPSA) is 268 Å². The van der Waals surface area contributed by atoms with E-state index in [9.17, 15) is 39.6 Å². The average Bonchev–Trinajstić information content (AvgIpc) is 4.36. The Hall–Kier alpha value is -4.04. The molecule has 1 aromatic heterocycles. The number of alkyl carbamates (subject to hydrolysis) is 1. The second-order valence-corrected chi connectivity index (χ2v) is 24.1. The van der Waals surface area contributed by atoms with E-state index in [2.05, 4.69) is 15.5 Å². The van der Waals surface area contributed by atoms with Crippen molar-refractivity contribution in [2.24, 2.45) is 17.8 Å². The number of fused-ring (bicyclic) bond motifs is 1. The molecule has 1 aromatic carbocycles. The van der Waals surface area contributed by atoms with E-state index in [0.717, 1.165) is 12.8 Å². The zero-order valence-corrected chi connectivity index (χ0v) is 50.0. The molecule has 18 atom stereocenters. The monoisotopic (exact) mass is 1130 g/mol. The first-order valence-corrected chi connectivity index (χ1v) is 28.7. The van der Waals surface area contributed by atoms with Crippen molar-refractivity contribution in [3.05, 3.63) is 40.2 Å². The maximum absolute atomic E-state index is 14.7. The molecule has 1 aliphatic carbocycles. The predicted octanol–water partition coefficient (Wildman–Crippen LogP) is 5.16. The number of ether oxygens (including phenoxy) is 9. The minimum atomic E-state index is -1.64. The van der Waals surface area contributed by atoms with Crippen LogP contribution in [-0.2, 0) is 47.4 Å². The molecule has 6 rings (SSSR count). The van der Waals surface area contributed by atoms with Gasteiger partial charge in [-0.3, -0.25) is 9.59 Å². The molecule has 0 bridgehead atoms. The van der Waals surface area contributed by atoms with Gasteiger partial charge in [-0.05, 0) is 132 Å². The molecular weight excluding hydrogens is 1040 g/mol. The van der Waals surface area contributed by atoms with E-state index in [1.54, 1.807) is 40.7 Å². The highest BCUT2D eigenvalue weighted by Crippen LogP contribution is 2.42. The van der Waals surface area contributed by atoms with Crippen molar-refractivity contribution in [3.8, 4) is 0 Å². The van der Waals surface area contributed by atoms with Gasteiger partial charge in [0.1, 0.15) is 35.1 Å². The Morgan fingerprint density at radius 3 is 2.25 bits per heavy atom. The molecule has 0 spiro atoms. The number of hydrogen-bond acceptors (Lipinski definition) is 19. The highest BCUT2D eigenvalue weighted by molar-refractivity contribution is 5.93. The number of pyridine rings is 1. The predicted molar refractivity (Wildman–Crippen MR) is 299 cm³/mol. The highest BCUT2D eigenvalue weighted by Gasteiger charge is 2.54. The number of esters is 1. The van der Waals surface area contributed by atoms with Crippen molar-refractivity contribution in [1.82, 2.24) is 19.7 Å². The average molecular weight is 1130 g/mol. The normalized spacial score (nSPS) is 37.1. The molecule has 1 amide bonds. The number of aromatic nitrogens is 1. The molecular formula is C58H95N5O17. The minimum absolute atomic E-state index is 0.0389. The number of benzene rings is 1. The van der Waals surface area contributed by atoms with Crippen molar-refractivity contribution in [1.29, 1.82) is 0 Å². The molecule has 2 aromatic rings. The van der Waals surface area contributed by atoms with E-state index < -0.39 is 107 Å². The van der Waals surface area contributed by atoms with Crippen LogP contribution in [0.2, 0.25) is 0 Å².